The van der Waals surface area contributed by atoms with Crippen LogP contribution in [0.1, 0.15) is 18.1 Å². The topological polar surface area (TPSA) is 28.2 Å². The van der Waals surface area contributed by atoms with Gasteiger partial charge in [-0.1, -0.05) is 29.1 Å². The van der Waals surface area contributed by atoms with Gasteiger partial charge in [-0.15, -0.1) is 5.92 Å². The van der Waals surface area contributed by atoms with Crippen LogP contribution in [0.15, 0.2) is 30.5 Å². The summed E-state index contributed by atoms with van der Waals surface area (Å²) in [4.78, 5) is 6.70. The summed E-state index contributed by atoms with van der Waals surface area (Å²) in [5, 5.41) is 4.73. The summed E-state index contributed by atoms with van der Waals surface area (Å²) in [6.45, 7) is 4.23. The third-order valence-corrected chi connectivity index (χ3v) is 4.12. The van der Waals surface area contributed by atoms with E-state index in [1.807, 2.05) is 19.1 Å². The van der Waals surface area contributed by atoms with E-state index >= 15 is 0 Å². The Morgan fingerprint density at radius 1 is 1.32 bits per heavy atom. The zero-order chi connectivity index (χ0) is 15.5. The highest BCUT2D eigenvalue weighted by Gasteiger charge is 2.19. The van der Waals surface area contributed by atoms with Crippen LogP contribution < -0.4 is 10.2 Å². The average Bonchev–Trinajstić information content (AvgIpc) is 2.52. The number of benzene rings is 1. The van der Waals surface area contributed by atoms with Gasteiger partial charge in [-0.05, 0) is 36.8 Å². The van der Waals surface area contributed by atoms with E-state index in [1.165, 1.54) is 0 Å². The summed E-state index contributed by atoms with van der Waals surface area (Å²) in [6, 6.07) is 7.60. The van der Waals surface area contributed by atoms with Crippen LogP contribution in [0.4, 0.5) is 11.5 Å². The molecule has 0 radical (unpaired) electrons. The number of hydrogen-bond acceptors (Lipinski definition) is 3. The van der Waals surface area contributed by atoms with Crippen LogP contribution in [0, 0.1) is 11.8 Å². The maximum atomic E-state index is 6.28. The summed E-state index contributed by atoms with van der Waals surface area (Å²) < 4.78 is 0. The molecule has 1 aliphatic rings. The van der Waals surface area contributed by atoms with E-state index in [0.29, 0.717) is 11.6 Å². The molecule has 0 spiro atoms. The van der Waals surface area contributed by atoms with Crippen molar-refractivity contribution in [3.8, 4) is 11.8 Å². The molecule has 1 aliphatic heterocycles. The van der Waals surface area contributed by atoms with Gasteiger partial charge in [-0.3, -0.25) is 0 Å². The number of nitrogens with one attached hydrogen (secondary N) is 1. The summed E-state index contributed by atoms with van der Waals surface area (Å²) in [6.07, 6.45) is 1.79. The van der Waals surface area contributed by atoms with E-state index < -0.39 is 0 Å². The summed E-state index contributed by atoms with van der Waals surface area (Å²) >= 11 is 12.4. The maximum Gasteiger partial charge on any atom is 0.149 e. The Kier molecular flexibility index (Phi) is 4.42. The second kappa shape index (κ2) is 6.48. The Morgan fingerprint density at radius 3 is 3.00 bits per heavy atom. The zero-order valence-electron chi connectivity index (χ0n) is 12.2. The minimum atomic E-state index is 0.693. The van der Waals surface area contributed by atoms with Crippen molar-refractivity contribution >= 4 is 34.7 Å². The van der Waals surface area contributed by atoms with Crippen LogP contribution in [-0.4, -0.2) is 18.1 Å². The van der Waals surface area contributed by atoms with Crippen LogP contribution in [0.3, 0.4) is 0 Å². The number of hydrogen-bond donors (Lipinski definition) is 1. The molecular weight excluding hydrogens is 317 g/mol. The monoisotopic (exact) mass is 331 g/mol. The lowest BCUT2D eigenvalue weighted by Gasteiger charge is -2.31. The van der Waals surface area contributed by atoms with Crippen molar-refractivity contribution in [3.05, 3.63) is 51.6 Å². The van der Waals surface area contributed by atoms with E-state index in [2.05, 4.69) is 33.1 Å². The molecule has 22 heavy (non-hydrogen) atoms. The van der Waals surface area contributed by atoms with E-state index in [9.17, 15) is 0 Å². The average molecular weight is 332 g/mol. The summed E-state index contributed by atoms with van der Waals surface area (Å²) in [5.74, 6) is 6.83. The molecule has 0 saturated heterocycles. The number of fused-ring (bicyclic) bond motifs is 1. The molecular formula is C17H15Cl2N3. The van der Waals surface area contributed by atoms with Crippen LogP contribution in [0.25, 0.3) is 0 Å². The van der Waals surface area contributed by atoms with Crippen molar-refractivity contribution in [2.75, 3.05) is 23.3 Å². The highest BCUT2D eigenvalue weighted by atomic mass is 35.5. The fourth-order valence-corrected chi connectivity index (χ4v) is 2.88. The standard InChI is InChI=1S/C17H15Cl2N3/c1-2-3-12-8-16-17(21-10-12)20-6-7-22(16)11-13-9-14(18)4-5-15(13)19/h4-5,8-10H,6-7,11H2,1H3,(H,20,21). The molecule has 0 unspecified atom stereocenters. The van der Waals surface area contributed by atoms with Crippen molar-refractivity contribution in [1.29, 1.82) is 0 Å². The van der Waals surface area contributed by atoms with E-state index in [-0.39, 0.29) is 0 Å². The van der Waals surface area contributed by atoms with Gasteiger partial charge < -0.3 is 10.2 Å². The molecule has 2 aromatic rings. The molecule has 3 rings (SSSR count). The van der Waals surface area contributed by atoms with Gasteiger partial charge in [-0.2, -0.15) is 0 Å². The van der Waals surface area contributed by atoms with Gasteiger partial charge in [-0.25, -0.2) is 4.98 Å². The lowest BCUT2D eigenvalue weighted by molar-refractivity contribution is 0.780. The first-order chi connectivity index (χ1) is 10.7. The predicted molar refractivity (Wildman–Crippen MR) is 92.8 cm³/mol. The van der Waals surface area contributed by atoms with Gasteiger partial charge in [0.15, 0.2) is 0 Å². The molecule has 0 fully saturated rings. The quantitative estimate of drug-likeness (QED) is 0.836. The molecule has 0 amide bonds. The lowest BCUT2D eigenvalue weighted by Crippen LogP contribution is -2.34. The molecule has 3 nitrogen and oxygen atoms in total. The molecule has 2 heterocycles. The normalized spacial score (nSPS) is 13.0. The highest BCUT2D eigenvalue weighted by molar-refractivity contribution is 6.33. The zero-order valence-corrected chi connectivity index (χ0v) is 13.7. The van der Waals surface area contributed by atoms with Gasteiger partial charge in [0.25, 0.3) is 0 Å². The summed E-state index contributed by atoms with van der Waals surface area (Å²) in [5.41, 5.74) is 2.96. The third kappa shape index (κ3) is 3.14. The largest absolute Gasteiger partial charge is 0.367 e. The molecule has 0 bridgehead atoms. The molecule has 0 saturated carbocycles. The van der Waals surface area contributed by atoms with Crippen molar-refractivity contribution < 1.29 is 0 Å². The fourth-order valence-electron chi connectivity index (χ4n) is 2.51. The minimum absolute atomic E-state index is 0.693. The predicted octanol–water partition coefficient (Wildman–Crippen LogP) is 4.19. The van der Waals surface area contributed by atoms with Crippen LogP contribution >= 0.6 is 23.2 Å². The first-order valence-electron chi connectivity index (χ1n) is 7.03. The lowest BCUT2D eigenvalue weighted by atomic mass is 10.1. The van der Waals surface area contributed by atoms with Crippen molar-refractivity contribution in [3.63, 3.8) is 0 Å². The number of halogens is 2. The van der Waals surface area contributed by atoms with Gasteiger partial charge in [0, 0.05) is 41.4 Å². The van der Waals surface area contributed by atoms with Crippen LogP contribution in [0.5, 0.6) is 0 Å². The Morgan fingerprint density at radius 2 is 2.18 bits per heavy atom. The van der Waals surface area contributed by atoms with E-state index in [0.717, 1.165) is 40.7 Å². The fraction of sp³-hybridized carbons (Fsp3) is 0.235. The van der Waals surface area contributed by atoms with Crippen molar-refractivity contribution in [2.45, 2.75) is 13.5 Å². The van der Waals surface area contributed by atoms with Crippen molar-refractivity contribution in [2.24, 2.45) is 0 Å². The van der Waals surface area contributed by atoms with Gasteiger partial charge in [0.2, 0.25) is 0 Å². The van der Waals surface area contributed by atoms with Gasteiger partial charge in [0.05, 0.1) is 5.69 Å². The third-order valence-electron chi connectivity index (χ3n) is 3.52. The first-order valence-corrected chi connectivity index (χ1v) is 7.78. The molecule has 1 aromatic heterocycles. The molecule has 5 heteroatoms. The second-order valence-corrected chi connectivity index (χ2v) is 5.89. The molecule has 0 atom stereocenters. The first kappa shape index (κ1) is 15.0. The van der Waals surface area contributed by atoms with Crippen molar-refractivity contribution in [1.82, 2.24) is 4.98 Å². The van der Waals surface area contributed by atoms with E-state index in [1.54, 1.807) is 12.3 Å². The summed E-state index contributed by atoms with van der Waals surface area (Å²) in [7, 11) is 0. The Bertz CT molecular complexity index is 762. The number of anilines is 2. The number of rotatable bonds is 2. The Labute approximate surface area is 140 Å². The second-order valence-electron chi connectivity index (χ2n) is 5.05. The Balaban J connectivity index is 1.94. The molecule has 0 aliphatic carbocycles. The number of nitrogens with zero attached hydrogens (tertiary/aromatic N) is 2. The number of pyridine rings is 1. The number of aromatic nitrogens is 1. The van der Waals surface area contributed by atoms with Crippen LogP contribution in [-0.2, 0) is 6.54 Å². The molecule has 1 N–H and O–H groups in total. The molecule has 112 valence electrons. The van der Waals surface area contributed by atoms with Gasteiger partial charge >= 0.3 is 0 Å². The Hall–Kier alpha value is -1.89. The highest BCUT2D eigenvalue weighted by Crippen LogP contribution is 2.31. The minimum Gasteiger partial charge on any atom is -0.367 e. The molecule has 1 aromatic carbocycles. The van der Waals surface area contributed by atoms with E-state index in [4.69, 9.17) is 23.2 Å². The van der Waals surface area contributed by atoms with Gasteiger partial charge in [0.1, 0.15) is 5.82 Å². The SMILES string of the molecule is CC#Cc1cnc2c(c1)N(Cc1cc(Cl)ccc1Cl)CCN2. The maximum absolute atomic E-state index is 6.28. The smallest absolute Gasteiger partial charge is 0.149 e. The van der Waals surface area contributed by atoms with Crippen LogP contribution in [0.2, 0.25) is 10.0 Å².